The van der Waals surface area contributed by atoms with E-state index < -0.39 is 0 Å². The van der Waals surface area contributed by atoms with Crippen LogP contribution in [0, 0.1) is 6.92 Å². The number of aryl methyl sites for hydroxylation is 1. The number of hydrogen-bond acceptors (Lipinski definition) is 3. The van der Waals surface area contributed by atoms with Crippen molar-refractivity contribution in [2.75, 3.05) is 7.11 Å². The molecule has 0 amide bonds. The Morgan fingerprint density at radius 1 is 1.25 bits per heavy atom. The molecule has 2 aromatic rings. The fourth-order valence-corrected chi connectivity index (χ4v) is 2.48. The van der Waals surface area contributed by atoms with Crippen molar-refractivity contribution in [3.63, 3.8) is 0 Å². The summed E-state index contributed by atoms with van der Waals surface area (Å²) in [5, 5.41) is 3.66. The number of nitrogens with one attached hydrogen (secondary N) is 1. The molecule has 0 aliphatic heterocycles. The van der Waals surface area contributed by atoms with Crippen molar-refractivity contribution in [3.8, 4) is 5.75 Å². The van der Waals surface area contributed by atoms with Crippen molar-refractivity contribution < 1.29 is 4.74 Å². The Morgan fingerprint density at radius 3 is 2.75 bits per heavy atom. The van der Waals surface area contributed by atoms with E-state index >= 15 is 0 Å². The number of nitrogens with zero attached hydrogens (tertiary/aromatic N) is 1. The third-order valence-electron chi connectivity index (χ3n) is 3.95. The Bertz CT molecular complexity index is 588. The maximum absolute atomic E-state index is 5.31. The van der Waals surface area contributed by atoms with Gasteiger partial charge < -0.3 is 10.1 Å². The zero-order valence-corrected chi connectivity index (χ0v) is 12.0. The summed E-state index contributed by atoms with van der Waals surface area (Å²) in [7, 11) is 1.71. The van der Waals surface area contributed by atoms with E-state index in [4.69, 9.17) is 4.74 Å². The highest BCUT2D eigenvalue weighted by Crippen LogP contribution is 2.46. The molecule has 1 aliphatic rings. The summed E-state index contributed by atoms with van der Waals surface area (Å²) in [4.78, 5) is 4.45. The van der Waals surface area contributed by atoms with Gasteiger partial charge in [0.05, 0.1) is 12.8 Å². The molecule has 1 N–H and O–H groups in total. The molecule has 1 aliphatic carbocycles. The molecule has 1 aromatic carbocycles. The SMILES string of the molecule is COc1cccc(C2(NCc3ccc(C)cn3)CC2)c1. The first-order chi connectivity index (χ1) is 9.72. The minimum absolute atomic E-state index is 0.112. The van der Waals surface area contributed by atoms with Gasteiger partial charge in [0.15, 0.2) is 0 Å². The molecular formula is C17H20N2O. The standard InChI is InChI=1S/C17H20N2O/c1-13-6-7-15(18-11-13)12-19-17(8-9-17)14-4-3-5-16(10-14)20-2/h3-7,10-11,19H,8-9,12H2,1-2H3. The molecule has 1 saturated carbocycles. The number of pyridine rings is 1. The predicted molar refractivity (Wildman–Crippen MR) is 79.7 cm³/mol. The Kier molecular flexibility index (Phi) is 3.45. The van der Waals surface area contributed by atoms with Gasteiger partial charge in [0.1, 0.15) is 5.75 Å². The van der Waals surface area contributed by atoms with Crippen molar-refractivity contribution in [1.29, 1.82) is 0 Å². The second-order valence-corrected chi connectivity index (χ2v) is 5.49. The second-order valence-electron chi connectivity index (χ2n) is 5.49. The lowest BCUT2D eigenvalue weighted by molar-refractivity contribution is 0.412. The van der Waals surface area contributed by atoms with E-state index in [1.54, 1.807) is 7.11 Å². The number of methoxy groups -OCH3 is 1. The van der Waals surface area contributed by atoms with Gasteiger partial charge in [-0.2, -0.15) is 0 Å². The normalized spacial score (nSPS) is 15.9. The fourth-order valence-electron chi connectivity index (χ4n) is 2.48. The van der Waals surface area contributed by atoms with Crippen LogP contribution in [0.3, 0.4) is 0 Å². The summed E-state index contributed by atoms with van der Waals surface area (Å²) in [6.07, 6.45) is 4.26. The topological polar surface area (TPSA) is 34.1 Å². The molecule has 1 aromatic heterocycles. The van der Waals surface area contributed by atoms with Crippen LogP contribution in [-0.4, -0.2) is 12.1 Å². The molecule has 1 fully saturated rings. The van der Waals surface area contributed by atoms with Gasteiger partial charge in [-0.15, -0.1) is 0 Å². The van der Waals surface area contributed by atoms with E-state index in [1.165, 1.54) is 24.0 Å². The Hall–Kier alpha value is -1.87. The first-order valence-corrected chi connectivity index (χ1v) is 7.03. The predicted octanol–water partition coefficient (Wildman–Crippen LogP) is 3.18. The summed E-state index contributed by atoms with van der Waals surface area (Å²) in [6.45, 7) is 2.86. The zero-order valence-electron chi connectivity index (χ0n) is 12.0. The van der Waals surface area contributed by atoms with E-state index in [-0.39, 0.29) is 5.54 Å². The molecule has 0 unspecified atom stereocenters. The maximum Gasteiger partial charge on any atom is 0.119 e. The molecule has 104 valence electrons. The highest BCUT2D eigenvalue weighted by Gasteiger charge is 2.43. The Labute approximate surface area is 120 Å². The largest absolute Gasteiger partial charge is 0.497 e. The van der Waals surface area contributed by atoms with E-state index in [2.05, 4.69) is 47.6 Å². The molecule has 0 atom stereocenters. The first kappa shape index (κ1) is 13.1. The molecule has 0 bridgehead atoms. The average Bonchev–Trinajstić information content (AvgIpc) is 3.28. The molecule has 3 heteroatoms. The van der Waals surface area contributed by atoms with Gasteiger partial charge in [0.25, 0.3) is 0 Å². The number of hydrogen-bond donors (Lipinski definition) is 1. The lowest BCUT2D eigenvalue weighted by Crippen LogP contribution is -2.28. The number of ether oxygens (including phenoxy) is 1. The molecule has 0 spiro atoms. The minimum Gasteiger partial charge on any atom is -0.497 e. The average molecular weight is 268 g/mol. The van der Waals surface area contributed by atoms with Crippen LogP contribution in [0.4, 0.5) is 0 Å². The van der Waals surface area contributed by atoms with Gasteiger partial charge in [0.2, 0.25) is 0 Å². The molecule has 3 rings (SSSR count). The Balaban J connectivity index is 1.71. The molecule has 20 heavy (non-hydrogen) atoms. The maximum atomic E-state index is 5.31. The van der Waals surface area contributed by atoms with Crippen LogP contribution in [-0.2, 0) is 12.1 Å². The number of aromatic nitrogens is 1. The van der Waals surface area contributed by atoms with Crippen LogP contribution in [0.5, 0.6) is 5.75 Å². The van der Waals surface area contributed by atoms with E-state index in [0.717, 1.165) is 18.0 Å². The lowest BCUT2D eigenvalue weighted by Gasteiger charge is -2.18. The fraction of sp³-hybridized carbons (Fsp3) is 0.353. The van der Waals surface area contributed by atoms with Crippen LogP contribution in [0.15, 0.2) is 42.6 Å². The minimum atomic E-state index is 0.112. The third-order valence-corrected chi connectivity index (χ3v) is 3.95. The summed E-state index contributed by atoms with van der Waals surface area (Å²) in [5.41, 5.74) is 3.71. The van der Waals surface area contributed by atoms with Crippen LogP contribution in [0.25, 0.3) is 0 Å². The van der Waals surface area contributed by atoms with Gasteiger partial charge in [-0.1, -0.05) is 18.2 Å². The summed E-state index contributed by atoms with van der Waals surface area (Å²) in [5.74, 6) is 0.920. The smallest absolute Gasteiger partial charge is 0.119 e. The van der Waals surface area contributed by atoms with E-state index in [1.807, 2.05) is 12.3 Å². The molecule has 0 saturated heterocycles. The second kappa shape index (κ2) is 5.25. The zero-order chi connectivity index (χ0) is 14.0. The van der Waals surface area contributed by atoms with E-state index in [0.29, 0.717) is 0 Å². The highest BCUT2D eigenvalue weighted by molar-refractivity contribution is 5.36. The lowest BCUT2D eigenvalue weighted by atomic mass is 10.0. The monoisotopic (exact) mass is 268 g/mol. The van der Waals surface area contributed by atoms with Crippen LogP contribution < -0.4 is 10.1 Å². The van der Waals surface area contributed by atoms with Crippen molar-refractivity contribution in [2.45, 2.75) is 31.8 Å². The van der Waals surface area contributed by atoms with Crippen molar-refractivity contribution >= 4 is 0 Å². The van der Waals surface area contributed by atoms with E-state index in [9.17, 15) is 0 Å². The van der Waals surface area contributed by atoms with Gasteiger partial charge in [-0.25, -0.2) is 0 Å². The van der Waals surface area contributed by atoms with Crippen LogP contribution >= 0.6 is 0 Å². The Morgan fingerprint density at radius 2 is 2.10 bits per heavy atom. The van der Waals surface area contributed by atoms with Crippen LogP contribution in [0.2, 0.25) is 0 Å². The first-order valence-electron chi connectivity index (χ1n) is 7.03. The quantitative estimate of drug-likeness (QED) is 0.904. The highest BCUT2D eigenvalue weighted by atomic mass is 16.5. The van der Waals surface area contributed by atoms with Gasteiger partial charge in [-0.3, -0.25) is 4.98 Å². The summed E-state index contributed by atoms with van der Waals surface area (Å²) >= 11 is 0. The molecule has 1 heterocycles. The van der Waals surface area contributed by atoms with Crippen molar-refractivity contribution in [2.24, 2.45) is 0 Å². The third kappa shape index (κ3) is 2.68. The summed E-state index contributed by atoms with van der Waals surface area (Å²) in [6, 6.07) is 12.5. The molecular weight excluding hydrogens is 248 g/mol. The summed E-state index contributed by atoms with van der Waals surface area (Å²) < 4.78 is 5.31. The molecule has 0 radical (unpaired) electrons. The van der Waals surface area contributed by atoms with Gasteiger partial charge in [0, 0.05) is 18.3 Å². The van der Waals surface area contributed by atoms with Crippen molar-refractivity contribution in [3.05, 3.63) is 59.4 Å². The number of benzene rings is 1. The molecule has 3 nitrogen and oxygen atoms in total. The van der Waals surface area contributed by atoms with Gasteiger partial charge >= 0.3 is 0 Å². The number of rotatable bonds is 5. The van der Waals surface area contributed by atoms with Crippen molar-refractivity contribution in [1.82, 2.24) is 10.3 Å². The van der Waals surface area contributed by atoms with Gasteiger partial charge in [-0.05, 0) is 49.1 Å². The van der Waals surface area contributed by atoms with Crippen LogP contribution in [0.1, 0.15) is 29.7 Å².